The molecule has 6 nitrogen and oxygen atoms in total. The molecule has 302 valence electrons. The van der Waals surface area contributed by atoms with E-state index in [1.807, 2.05) is 12.3 Å². The molecule has 0 aliphatic heterocycles. The Morgan fingerprint density at radius 2 is 0.797 bits per heavy atom. The number of rotatable bonds is 7. The lowest BCUT2D eigenvalue weighted by molar-refractivity contribution is 1.07. The number of pyridine rings is 1. The molecule has 6 heteroatoms. The average molecular weight is 821 g/mol. The van der Waals surface area contributed by atoms with Gasteiger partial charge in [0.25, 0.3) is 0 Å². The molecule has 8 aromatic carbocycles. The summed E-state index contributed by atoms with van der Waals surface area (Å²) in [7, 11) is 0. The van der Waals surface area contributed by atoms with Crippen LogP contribution in [0.3, 0.4) is 0 Å². The molecule has 0 bridgehead atoms. The number of aryl methyl sites for hydroxylation is 2. The third-order valence-corrected chi connectivity index (χ3v) is 12.4. The van der Waals surface area contributed by atoms with Crippen LogP contribution in [0.4, 0.5) is 0 Å². The van der Waals surface area contributed by atoms with Crippen molar-refractivity contribution in [2.45, 2.75) is 13.8 Å². The van der Waals surface area contributed by atoms with Gasteiger partial charge in [-0.15, -0.1) is 0 Å². The van der Waals surface area contributed by atoms with Crippen molar-refractivity contribution in [3.8, 4) is 67.9 Å². The Balaban J connectivity index is 0.971. The zero-order valence-electron chi connectivity index (χ0n) is 35.3. The molecule has 0 saturated carbocycles. The lowest BCUT2D eigenvalue weighted by atomic mass is 9.99. The fraction of sp³-hybridized carbons (Fsp3) is 0.0345. The van der Waals surface area contributed by atoms with Crippen LogP contribution in [0, 0.1) is 13.8 Å². The van der Waals surface area contributed by atoms with E-state index in [0.717, 1.165) is 61.1 Å². The van der Waals surface area contributed by atoms with Gasteiger partial charge in [0.2, 0.25) is 0 Å². The molecule has 0 aliphatic rings. The zero-order chi connectivity index (χ0) is 42.7. The minimum atomic E-state index is 0.597. The highest BCUT2D eigenvalue weighted by molar-refractivity contribution is 6.17. The summed E-state index contributed by atoms with van der Waals surface area (Å²) in [5, 5.41) is 4.79. The number of para-hydroxylation sites is 3. The molecule has 0 fully saturated rings. The first-order chi connectivity index (χ1) is 31.6. The second kappa shape index (κ2) is 15.2. The van der Waals surface area contributed by atoms with Gasteiger partial charge in [-0.2, -0.15) is 0 Å². The van der Waals surface area contributed by atoms with E-state index in [9.17, 15) is 0 Å². The SMILES string of the molecule is Cc1ccc(-c2nc(-c3ccc(C)cc3)nc(-c3ccnc(-c4cccc5c4c4ccccc4n5-c4ccc(-c5cccc6c5c5ccccc5n6-c5ccccc5)cc4)c3)n2)cc1. The Kier molecular flexibility index (Phi) is 8.83. The summed E-state index contributed by atoms with van der Waals surface area (Å²) in [6, 6.07) is 70.9. The van der Waals surface area contributed by atoms with Gasteiger partial charge in [-0.3, -0.25) is 4.98 Å². The molecule has 0 radical (unpaired) electrons. The molecule has 12 aromatic rings. The molecule has 4 aromatic heterocycles. The Morgan fingerprint density at radius 3 is 1.38 bits per heavy atom. The van der Waals surface area contributed by atoms with Crippen LogP contribution in [0.25, 0.3) is 112 Å². The first-order valence-corrected chi connectivity index (χ1v) is 21.6. The van der Waals surface area contributed by atoms with Crippen LogP contribution < -0.4 is 0 Å². The van der Waals surface area contributed by atoms with Crippen LogP contribution >= 0.6 is 0 Å². The van der Waals surface area contributed by atoms with Gasteiger partial charge < -0.3 is 9.13 Å². The molecule has 0 saturated heterocycles. The second-order valence-corrected chi connectivity index (χ2v) is 16.5. The van der Waals surface area contributed by atoms with Crippen LogP contribution in [0.2, 0.25) is 0 Å². The molecule has 4 heterocycles. The Morgan fingerprint density at radius 1 is 0.344 bits per heavy atom. The molecule has 0 aliphatic carbocycles. The fourth-order valence-electron chi connectivity index (χ4n) is 9.30. The minimum absolute atomic E-state index is 0.597. The first-order valence-electron chi connectivity index (χ1n) is 21.6. The fourth-order valence-corrected chi connectivity index (χ4v) is 9.30. The van der Waals surface area contributed by atoms with Crippen LogP contribution in [-0.2, 0) is 0 Å². The Hall–Kier alpha value is -8.48. The van der Waals surface area contributed by atoms with Gasteiger partial charge in [0.05, 0.1) is 27.8 Å². The summed E-state index contributed by atoms with van der Waals surface area (Å²) < 4.78 is 4.75. The van der Waals surface area contributed by atoms with Gasteiger partial charge in [-0.1, -0.05) is 151 Å². The first kappa shape index (κ1) is 37.3. The molecule has 0 spiro atoms. The van der Waals surface area contributed by atoms with Gasteiger partial charge in [0.1, 0.15) is 0 Å². The minimum Gasteiger partial charge on any atom is -0.309 e. The van der Waals surface area contributed by atoms with E-state index in [1.54, 1.807) is 0 Å². The van der Waals surface area contributed by atoms with Crippen LogP contribution in [0.1, 0.15) is 11.1 Å². The topological polar surface area (TPSA) is 61.4 Å². The summed E-state index contributed by atoms with van der Waals surface area (Å²) >= 11 is 0. The lowest BCUT2D eigenvalue weighted by Gasteiger charge is -2.12. The standard InChI is InChI=1S/C58H40N6/c1-37-22-26-40(27-23-37)56-60-57(41-28-24-38(2)25-29-41)62-58(61-56)42-34-35-59-49(36-42)46-17-11-21-53-55(46)48-15-7-9-19-51(48)64(53)44-32-30-39(31-33-44)45-16-10-20-52-54(45)47-14-6-8-18-50(47)63(52)43-12-4-3-5-13-43/h3-36H,1-2H3. The smallest absolute Gasteiger partial charge is 0.164 e. The van der Waals surface area contributed by atoms with E-state index >= 15 is 0 Å². The molecule has 64 heavy (non-hydrogen) atoms. The van der Waals surface area contributed by atoms with E-state index in [4.69, 9.17) is 19.9 Å². The van der Waals surface area contributed by atoms with Crippen molar-refractivity contribution in [3.63, 3.8) is 0 Å². The summed E-state index contributed by atoms with van der Waals surface area (Å²) in [6.07, 6.45) is 1.86. The van der Waals surface area contributed by atoms with Crippen molar-refractivity contribution < 1.29 is 0 Å². The van der Waals surface area contributed by atoms with Gasteiger partial charge in [-0.05, 0) is 85.6 Å². The normalized spacial score (nSPS) is 11.6. The van der Waals surface area contributed by atoms with Gasteiger partial charge >= 0.3 is 0 Å². The third-order valence-electron chi connectivity index (χ3n) is 12.4. The molecule has 0 unspecified atom stereocenters. The summed E-state index contributed by atoms with van der Waals surface area (Å²) in [5.74, 6) is 1.86. The molecular weight excluding hydrogens is 781 g/mol. The monoisotopic (exact) mass is 820 g/mol. The maximum atomic E-state index is 5.06. The highest BCUT2D eigenvalue weighted by Gasteiger charge is 2.20. The predicted molar refractivity (Wildman–Crippen MR) is 263 cm³/mol. The van der Waals surface area contributed by atoms with Crippen LogP contribution in [0.15, 0.2) is 206 Å². The van der Waals surface area contributed by atoms with Gasteiger partial charge in [0, 0.05) is 61.4 Å². The maximum absolute atomic E-state index is 5.06. The van der Waals surface area contributed by atoms with Crippen molar-refractivity contribution in [2.24, 2.45) is 0 Å². The maximum Gasteiger partial charge on any atom is 0.164 e. The van der Waals surface area contributed by atoms with Crippen molar-refractivity contribution in [2.75, 3.05) is 0 Å². The molecule has 0 atom stereocenters. The largest absolute Gasteiger partial charge is 0.309 e. The van der Waals surface area contributed by atoms with Gasteiger partial charge in [-0.25, -0.2) is 15.0 Å². The van der Waals surface area contributed by atoms with Crippen LogP contribution in [0.5, 0.6) is 0 Å². The van der Waals surface area contributed by atoms with E-state index < -0.39 is 0 Å². The van der Waals surface area contributed by atoms with Crippen molar-refractivity contribution in [1.29, 1.82) is 0 Å². The number of aromatic nitrogens is 6. The summed E-state index contributed by atoms with van der Waals surface area (Å²) in [4.78, 5) is 20.1. The number of fused-ring (bicyclic) bond motifs is 6. The third kappa shape index (κ3) is 6.26. The number of nitrogens with zero attached hydrogens (tertiary/aromatic N) is 6. The molecule has 0 N–H and O–H groups in total. The van der Waals surface area contributed by atoms with E-state index in [2.05, 4.69) is 217 Å². The second-order valence-electron chi connectivity index (χ2n) is 16.5. The number of hydrogen-bond acceptors (Lipinski definition) is 4. The Bertz CT molecular complexity index is 3650. The van der Waals surface area contributed by atoms with E-state index in [-0.39, 0.29) is 0 Å². The van der Waals surface area contributed by atoms with Crippen molar-refractivity contribution in [1.82, 2.24) is 29.1 Å². The number of benzene rings is 8. The molecular formula is C58H40N6. The predicted octanol–water partition coefficient (Wildman–Crippen LogP) is 14.4. The lowest BCUT2D eigenvalue weighted by Crippen LogP contribution is -2.00. The van der Waals surface area contributed by atoms with Crippen molar-refractivity contribution in [3.05, 3.63) is 218 Å². The summed E-state index contributed by atoms with van der Waals surface area (Å²) in [6.45, 7) is 4.17. The highest BCUT2D eigenvalue weighted by atomic mass is 15.0. The zero-order valence-corrected chi connectivity index (χ0v) is 35.3. The van der Waals surface area contributed by atoms with E-state index in [1.165, 1.54) is 44.1 Å². The molecule has 0 amide bonds. The van der Waals surface area contributed by atoms with E-state index in [0.29, 0.717) is 17.5 Å². The van der Waals surface area contributed by atoms with Crippen LogP contribution in [-0.4, -0.2) is 29.1 Å². The number of hydrogen-bond donors (Lipinski definition) is 0. The molecule has 12 rings (SSSR count). The summed E-state index contributed by atoms with van der Waals surface area (Å²) in [5.41, 5.74) is 16.2. The average Bonchev–Trinajstić information content (AvgIpc) is 3.88. The van der Waals surface area contributed by atoms with Gasteiger partial charge in [0.15, 0.2) is 17.5 Å². The van der Waals surface area contributed by atoms with Crippen molar-refractivity contribution >= 4 is 43.6 Å². The highest BCUT2D eigenvalue weighted by Crippen LogP contribution is 2.41. The quantitative estimate of drug-likeness (QED) is 0.161. The Labute approximate surface area is 370 Å².